The summed E-state index contributed by atoms with van der Waals surface area (Å²) in [5, 5.41) is 3.68. The molecule has 94 valence electrons. The molecule has 0 bridgehead atoms. The third kappa shape index (κ3) is 3.22. The van der Waals surface area contributed by atoms with E-state index in [-0.39, 0.29) is 5.54 Å². The van der Waals surface area contributed by atoms with Crippen LogP contribution in [0.1, 0.15) is 39.0 Å². The number of benzene rings is 1. The highest BCUT2D eigenvalue weighted by Crippen LogP contribution is 2.32. The topological polar surface area (TPSA) is 38.0 Å². The van der Waals surface area contributed by atoms with Crippen LogP contribution in [0.4, 0.5) is 5.69 Å². The Balaban J connectivity index is 2.08. The van der Waals surface area contributed by atoms with Gasteiger partial charge in [0.25, 0.3) is 0 Å². The van der Waals surface area contributed by atoms with Crippen LogP contribution >= 0.6 is 0 Å². The quantitative estimate of drug-likeness (QED) is 0.784. The van der Waals surface area contributed by atoms with Crippen molar-refractivity contribution < 1.29 is 0 Å². The molecule has 3 N–H and O–H groups in total. The molecule has 1 saturated carbocycles. The molecule has 17 heavy (non-hydrogen) atoms. The first-order valence-corrected chi connectivity index (χ1v) is 6.77. The van der Waals surface area contributed by atoms with Crippen LogP contribution in [0.5, 0.6) is 0 Å². The molecule has 2 unspecified atom stereocenters. The lowest BCUT2D eigenvalue weighted by atomic mass is 9.89. The molecule has 1 aromatic rings. The van der Waals surface area contributed by atoms with Gasteiger partial charge in [-0.3, -0.25) is 0 Å². The fourth-order valence-corrected chi connectivity index (χ4v) is 2.79. The van der Waals surface area contributed by atoms with Gasteiger partial charge in [0.2, 0.25) is 0 Å². The number of nitrogens with one attached hydrogen (secondary N) is 1. The molecule has 2 atom stereocenters. The summed E-state index contributed by atoms with van der Waals surface area (Å²) < 4.78 is 0. The summed E-state index contributed by atoms with van der Waals surface area (Å²) in [6, 6.07) is 10.5. The molecule has 0 amide bonds. The monoisotopic (exact) mass is 232 g/mol. The van der Waals surface area contributed by atoms with Crippen molar-refractivity contribution in [1.29, 1.82) is 0 Å². The van der Waals surface area contributed by atoms with E-state index in [0.717, 1.165) is 12.5 Å². The molecule has 2 nitrogen and oxygen atoms in total. The lowest BCUT2D eigenvalue weighted by Crippen LogP contribution is -2.45. The Bertz CT molecular complexity index is 336. The summed E-state index contributed by atoms with van der Waals surface area (Å²) >= 11 is 0. The molecule has 0 heterocycles. The van der Waals surface area contributed by atoms with E-state index in [4.69, 9.17) is 5.73 Å². The van der Waals surface area contributed by atoms with Gasteiger partial charge in [-0.15, -0.1) is 0 Å². The first-order valence-electron chi connectivity index (χ1n) is 6.77. The summed E-state index contributed by atoms with van der Waals surface area (Å²) in [6.07, 6.45) is 6.32. The maximum absolute atomic E-state index is 6.04. The predicted octanol–water partition coefficient (Wildman–Crippen LogP) is 3.40. The lowest BCUT2D eigenvalue weighted by molar-refractivity contribution is 0.409. The molecule has 1 aromatic carbocycles. The molecule has 0 aromatic heterocycles. The van der Waals surface area contributed by atoms with E-state index in [0.29, 0.717) is 0 Å². The lowest BCUT2D eigenvalue weighted by Gasteiger charge is -2.34. The maximum atomic E-state index is 6.04. The van der Waals surface area contributed by atoms with Gasteiger partial charge < -0.3 is 11.1 Å². The van der Waals surface area contributed by atoms with Crippen molar-refractivity contribution in [2.24, 2.45) is 11.7 Å². The van der Waals surface area contributed by atoms with E-state index < -0.39 is 0 Å². The van der Waals surface area contributed by atoms with Crippen LogP contribution in [0.3, 0.4) is 0 Å². The van der Waals surface area contributed by atoms with Crippen LogP contribution < -0.4 is 11.1 Å². The van der Waals surface area contributed by atoms with Crippen molar-refractivity contribution in [2.75, 3.05) is 11.9 Å². The summed E-state index contributed by atoms with van der Waals surface area (Å²) in [4.78, 5) is 0. The number of para-hydroxylation sites is 1. The minimum Gasteiger partial charge on any atom is -0.378 e. The maximum Gasteiger partial charge on any atom is 0.0495 e. The molecule has 1 aliphatic rings. The average molecular weight is 232 g/mol. The minimum absolute atomic E-state index is 0.117. The summed E-state index contributed by atoms with van der Waals surface area (Å²) in [6.45, 7) is 3.09. The van der Waals surface area contributed by atoms with Gasteiger partial charge in [0.05, 0.1) is 0 Å². The molecule has 0 radical (unpaired) electrons. The highest BCUT2D eigenvalue weighted by atomic mass is 15.0. The van der Waals surface area contributed by atoms with Crippen molar-refractivity contribution in [3.63, 3.8) is 0 Å². The van der Waals surface area contributed by atoms with Gasteiger partial charge in [0, 0.05) is 17.8 Å². The fourth-order valence-electron chi connectivity index (χ4n) is 2.79. The number of nitrogens with two attached hydrogens (primary N) is 1. The van der Waals surface area contributed by atoms with Gasteiger partial charge in [0.1, 0.15) is 0 Å². The van der Waals surface area contributed by atoms with Gasteiger partial charge in [-0.05, 0) is 37.3 Å². The van der Waals surface area contributed by atoms with Crippen molar-refractivity contribution in [3.8, 4) is 0 Å². The average Bonchev–Trinajstić information content (AvgIpc) is 2.54. The van der Waals surface area contributed by atoms with Crippen LogP contribution in [-0.4, -0.2) is 12.1 Å². The van der Waals surface area contributed by atoms with E-state index in [1.807, 2.05) is 0 Å². The van der Waals surface area contributed by atoms with Crippen LogP contribution in [0.2, 0.25) is 0 Å². The largest absolute Gasteiger partial charge is 0.378 e. The van der Waals surface area contributed by atoms with E-state index in [1.165, 1.54) is 37.8 Å². The predicted molar refractivity (Wildman–Crippen MR) is 74.1 cm³/mol. The van der Waals surface area contributed by atoms with E-state index >= 15 is 0 Å². The van der Waals surface area contributed by atoms with Gasteiger partial charge >= 0.3 is 0 Å². The van der Waals surface area contributed by atoms with Gasteiger partial charge in [-0.1, -0.05) is 38.0 Å². The zero-order valence-electron chi connectivity index (χ0n) is 10.8. The Labute approximate surface area is 105 Å². The molecule has 2 heteroatoms. The third-order valence-corrected chi connectivity index (χ3v) is 4.04. The van der Waals surface area contributed by atoms with Crippen LogP contribution in [0, 0.1) is 5.92 Å². The third-order valence-electron chi connectivity index (χ3n) is 4.04. The standard InChI is InChI=1S/C15H24N2/c1-13-6-5-10-15(12-16,11-9-13)17-14-7-3-2-4-8-14/h2-4,7-8,13,17H,5-6,9-12,16H2,1H3. The molecule has 0 spiro atoms. The molecular weight excluding hydrogens is 208 g/mol. The Hall–Kier alpha value is -1.02. The SMILES string of the molecule is CC1CCCC(CN)(Nc2ccccc2)CC1. The minimum atomic E-state index is 0.117. The molecule has 1 fully saturated rings. The zero-order valence-corrected chi connectivity index (χ0v) is 10.8. The van der Waals surface area contributed by atoms with E-state index in [1.54, 1.807) is 0 Å². The molecule has 1 aliphatic carbocycles. The zero-order chi connectivity index (χ0) is 12.1. The number of anilines is 1. The number of hydrogen-bond donors (Lipinski definition) is 2. The Morgan fingerprint density at radius 3 is 2.71 bits per heavy atom. The fraction of sp³-hybridized carbons (Fsp3) is 0.600. The number of hydrogen-bond acceptors (Lipinski definition) is 2. The Morgan fingerprint density at radius 1 is 1.24 bits per heavy atom. The normalized spacial score (nSPS) is 29.6. The molecule has 2 rings (SSSR count). The molecule has 0 saturated heterocycles. The molecule has 0 aliphatic heterocycles. The first-order chi connectivity index (χ1) is 8.24. The second-order valence-electron chi connectivity index (χ2n) is 5.51. The Kier molecular flexibility index (Phi) is 4.06. The molecular formula is C15H24N2. The van der Waals surface area contributed by atoms with Gasteiger partial charge in [-0.25, -0.2) is 0 Å². The second kappa shape index (κ2) is 5.54. The summed E-state index contributed by atoms with van der Waals surface area (Å²) in [5.41, 5.74) is 7.36. The van der Waals surface area contributed by atoms with Crippen molar-refractivity contribution in [2.45, 2.75) is 44.6 Å². The van der Waals surface area contributed by atoms with Crippen LogP contribution in [0.25, 0.3) is 0 Å². The Morgan fingerprint density at radius 2 is 2.00 bits per heavy atom. The van der Waals surface area contributed by atoms with Crippen LogP contribution in [0.15, 0.2) is 30.3 Å². The second-order valence-corrected chi connectivity index (χ2v) is 5.51. The van der Waals surface area contributed by atoms with E-state index in [9.17, 15) is 0 Å². The van der Waals surface area contributed by atoms with Crippen LogP contribution in [-0.2, 0) is 0 Å². The highest BCUT2D eigenvalue weighted by molar-refractivity contribution is 5.45. The van der Waals surface area contributed by atoms with Crippen molar-refractivity contribution in [1.82, 2.24) is 0 Å². The van der Waals surface area contributed by atoms with Gasteiger partial charge in [-0.2, -0.15) is 0 Å². The smallest absolute Gasteiger partial charge is 0.0495 e. The van der Waals surface area contributed by atoms with Crippen molar-refractivity contribution in [3.05, 3.63) is 30.3 Å². The summed E-state index contributed by atoms with van der Waals surface area (Å²) in [5.74, 6) is 0.848. The summed E-state index contributed by atoms with van der Waals surface area (Å²) in [7, 11) is 0. The number of rotatable bonds is 3. The van der Waals surface area contributed by atoms with Crippen molar-refractivity contribution >= 4 is 5.69 Å². The highest BCUT2D eigenvalue weighted by Gasteiger charge is 2.30. The van der Waals surface area contributed by atoms with Gasteiger partial charge in [0.15, 0.2) is 0 Å². The first kappa shape index (κ1) is 12.4. The van der Waals surface area contributed by atoms with E-state index in [2.05, 4.69) is 42.6 Å².